The SMILES string of the molecule is Cc1cc(NC(=O)C(C)CN)cc(C)c1Br.Cl. The largest absolute Gasteiger partial charge is 0.330 e. The highest BCUT2D eigenvalue weighted by molar-refractivity contribution is 9.10. The van der Waals surface area contributed by atoms with Crippen molar-refractivity contribution in [1.82, 2.24) is 0 Å². The Bertz CT molecular complexity index is 386. The number of nitrogens with one attached hydrogen (secondary N) is 1. The Hall–Kier alpha value is -0.580. The van der Waals surface area contributed by atoms with Crippen LogP contribution in [-0.4, -0.2) is 12.5 Å². The lowest BCUT2D eigenvalue weighted by atomic mass is 10.1. The van der Waals surface area contributed by atoms with E-state index in [2.05, 4.69) is 21.2 Å². The second-order valence-corrected chi connectivity index (χ2v) is 4.84. The van der Waals surface area contributed by atoms with Gasteiger partial charge in [-0.3, -0.25) is 4.79 Å². The number of carbonyl (C=O) groups excluding carboxylic acids is 1. The maximum Gasteiger partial charge on any atom is 0.228 e. The molecule has 0 aliphatic rings. The van der Waals surface area contributed by atoms with Crippen molar-refractivity contribution < 1.29 is 4.79 Å². The summed E-state index contributed by atoms with van der Waals surface area (Å²) in [6.07, 6.45) is 0. The summed E-state index contributed by atoms with van der Waals surface area (Å²) in [5.74, 6) is -0.201. The van der Waals surface area contributed by atoms with Crippen molar-refractivity contribution in [2.24, 2.45) is 11.7 Å². The van der Waals surface area contributed by atoms with Crippen LogP contribution in [0.1, 0.15) is 18.1 Å². The van der Waals surface area contributed by atoms with Gasteiger partial charge in [-0.05, 0) is 37.1 Å². The molecule has 3 N–H and O–H groups in total. The molecular formula is C12H18BrClN2O. The highest BCUT2D eigenvalue weighted by atomic mass is 79.9. The lowest BCUT2D eigenvalue weighted by Crippen LogP contribution is -2.26. The Kier molecular flexibility index (Phi) is 6.75. The van der Waals surface area contributed by atoms with E-state index in [4.69, 9.17) is 5.73 Å². The molecule has 1 aromatic carbocycles. The summed E-state index contributed by atoms with van der Waals surface area (Å²) in [5.41, 5.74) is 8.48. The van der Waals surface area contributed by atoms with Crippen molar-refractivity contribution in [2.45, 2.75) is 20.8 Å². The highest BCUT2D eigenvalue weighted by Crippen LogP contribution is 2.25. The maximum atomic E-state index is 11.6. The third kappa shape index (κ3) is 4.30. The van der Waals surface area contributed by atoms with Gasteiger partial charge in [0, 0.05) is 22.6 Å². The average Bonchev–Trinajstić information content (AvgIpc) is 2.24. The molecule has 1 unspecified atom stereocenters. The van der Waals surface area contributed by atoms with Crippen LogP contribution < -0.4 is 11.1 Å². The number of rotatable bonds is 3. The van der Waals surface area contributed by atoms with Gasteiger partial charge in [0.1, 0.15) is 0 Å². The Morgan fingerprint density at radius 3 is 2.29 bits per heavy atom. The molecule has 0 radical (unpaired) electrons. The molecule has 0 aliphatic heterocycles. The number of aryl methyl sites for hydroxylation is 2. The van der Waals surface area contributed by atoms with Crippen molar-refractivity contribution >= 4 is 39.9 Å². The minimum Gasteiger partial charge on any atom is -0.330 e. The predicted molar refractivity (Wildman–Crippen MR) is 77.7 cm³/mol. The van der Waals surface area contributed by atoms with Gasteiger partial charge >= 0.3 is 0 Å². The van der Waals surface area contributed by atoms with Crippen LogP contribution in [0.25, 0.3) is 0 Å². The normalized spacial score (nSPS) is 11.6. The van der Waals surface area contributed by atoms with Gasteiger partial charge in [-0.25, -0.2) is 0 Å². The van der Waals surface area contributed by atoms with E-state index in [1.54, 1.807) is 0 Å². The van der Waals surface area contributed by atoms with E-state index < -0.39 is 0 Å². The number of nitrogens with two attached hydrogens (primary N) is 1. The quantitative estimate of drug-likeness (QED) is 0.899. The molecule has 5 heteroatoms. The number of hydrogen-bond acceptors (Lipinski definition) is 2. The molecule has 0 bridgehead atoms. The van der Waals surface area contributed by atoms with Gasteiger partial charge in [-0.1, -0.05) is 22.9 Å². The predicted octanol–water partition coefficient (Wildman–Crippen LogP) is 3.02. The fraction of sp³-hybridized carbons (Fsp3) is 0.417. The summed E-state index contributed by atoms with van der Waals surface area (Å²) in [6.45, 7) is 6.17. The molecule has 0 aromatic heterocycles. The first-order valence-corrected chi connectivity index (χ1v) is 6.02. The summed E-state index contributed by atoms with van der Waals surface area (Å²) in [7, 11) is 0. The molecule has 96 valence electrons. The molecule has 3 nitrogen and oxygen atoms in total. The summed E-state index contributed by atoms with van der Waals surface area (Å²) in [5, 5.41) is 2.86. The molecule has 1 aromatic rings. The van der Waals surface area contributed by atoms with Crippen molar-refractivity contribution in [2.75, 3.05) is 11.9 Å². The van der Waals surface area contributed by atoms with E-state index in [1.165, 1.54) is 0 Å². The lowest BCUT2D eigenvalue weighted by molar-refractivity contribution is -0.119. The molecule has 0 fully saturated rings. The zero-order valence-corrected chi connectivity index (χ0v) is 12.6. The first-order chi connectivity index (χ1) is 7.45. The van der Waals surface area contributed by atoms with E-state index in [-0.39, 0.29) is 24.2 Å². The third-order valence-corrected chi connectivity index (χ3v) is 3.76. The van der Waals surface area contributed by atoms with Gasteiger partial charge in [0.25, 0.3) is 0 Å². The van der Waals surface area contributed by atoms with E-state index in [0.29, 0.717) is 6.54 Å². The third-order valence-electron chi connectivity index (χ3n) is 2.51. The van der Waals surface area contributed by atoms with Crippen molar-refractivity contribution in [3.63, 3.8) is 0 Å². The summed E-state index contributed by atoms with van der Waals surface area (Å²) in [4.78, 5) is 11.6. The number of anilines is 1. The zero-order valence-electron chi connectivity index (χ0n) is 10.2. The molecule has 17 heavy (non-hydrogen) atoms. The monoisotopic (exact) mass is 320 g/mol. The van der Waals surface area contributed by atoms with Crippen molar-refractivity contribution in [1.29, 1.82) is 0 Å². The molecule has 1 atom stereocenters. The van der Waals surface area contributed by atoms with E-state index >= 15 is 0 Å². The fourth-order valence-corrected chi connectivity index (χ4v) is 1.62. The van der Waals surface area contributed by atoms with Gasteiger partial charge in [0.05, 0.1) is 0 Å². The second kappa shape index (κ2) is 6.99. The lowest BCUT2D eigenvalue weighted by Gasteiger charge is -2.12. The molecule has 0 spiro atoms. The molecule has 0 heterocycles. The Morgan fingerprint density at radius 1 is 1.41 bits per heavy atom. The number of halogens is 2. The average molecular weight is 322 g/mol. The second-order valence-electron chi connectivity index (χ2n) is 4.05. The highest BCUT2D eigenvalue weighted by Gasteiger charge is 2.11. The molecule has 0 aliphatic carbocycles. The van der Waals surface area contributed by atoms with Gasteiger partial charge in [0.2, 0.25) is 5.91 Å². The fourth-order valence-electron chi connectivity index (χ4n) is 1.39. The van der Waals surface area contributed by atoms with Crippen molar-refractivity contribution in [3.8, 4) is 0 Å². The van der Waals surface area contributed by atoms with Crippen LogP contribution >= 0.6 is 28.3 Å². The van der Waals surface area contributed by atoms with E-state index in [1.807, 2.05) is 32.9 Å². The summed E-state index contributed by atoms with van der Waals surface area (Å²) in [6, 6.07) is 3.89. The topological polar surface area (TPSA) is 55.1 Å². The van der Waals surface area contributed by atoms with Crippen LogP contribution in [-0.2, 0) is 4.79 Å². The Balaban J connectivity index is 0.00000256. The number of amides is 1. The van der Waals surface area contributed by atoms with Gasteiger partial charge in [-0.15, -0.1) is 12.4 Å². The smallest absolute Gasteiger partial charge is 0.228 e. The number of carbonyl (C=O) groups is 1. The molecule has 1 amide bonds. The summed E-state index contributed by atoms with van der Waals surface area (Å²) >= 11 is 3.49. The molecule has 0 saturated heterocycles. The van der Waals surface area contributed by atoms with Crippen LogP contribution in [0.3, 0.4) is 0 Å². The van der Waals surface area contributed by atoms with Crippen LogP contribution in [0.15, 0.2) is 16.6 Å². The maximum absolute atomic E-state index is 11.6. The minimum atomic E-state index is -0.163. The van der Waals surface area contributed by atoms with E-state index in [9.17, 15) is 4.79 Å². The minimum absolute atomic E-state index is 0. The van der Waals surface area contributed by atoms with Gasteiger partial charge in [-0.2, -0.15) is 0 Å². The first kappa shape index (κ1) is 16.4. The standard InChI is InChI=1S/C12H17BrN2O.ClH/c1-7-4-10(5-8(2)11(7)13)15-12(16)9(3)6-14;/h4-5,9H,6,14H2,1-3H3,(H,15,16);1H. The Morgan fingerprint density at radius 2 is 1.88 bits per heavy atom. The number of hydrogen-bond donors (Lipinski definition) is 2. The van der Waals surface area contributed by atoms with E-state index in [0.717, 1.165) is 21.3 Å². The van der Waals surface area contributed by atoms with Crippen molar-refractivity contribution in [3.05, 3.63) is 27.7 Å². The molecular weight excluding hydrogens is 304 g/mol. The summed E-state index contributed by atoms with van der Waals surface area (Å²) < 4.78 is 1.08. The molecule has 1 rings (SSSR count). The van der Waals surface area contributed by atoms with Gasteiger partial charge < -0.3 is 11.1 Å². The van der Waals surface area contributed by atoms with Crippen LogP contribution in [0.4, 0.5) is 5.69 Å². The zero-order chi connectivity index (χ0) is 12.3. The van der Waals surface area contributed by atoms with Crippen LogP contribution in [0, 0.1) is 19.8 Å². The number of benzene rings is 1. The Labute approximate surface area is 117 Å². The molecule has 0 saturated carbocycles. The van der Waals surface area contributed by atoms with Crippen LogP contribution in [0.5, 0.6) is 0 Å². The van der Waals surface area contributed by atoms with Gasteiger partial charge in [0.15, 0.2) is 0 Å². The first-order valence-electron chi connectivity index (χ1n) is 5.23. The van der Waals surface area contributed by atoms with Crippen LogP contribution in [0.2, 0.25) is 0 Å².